The van der Waals surface area contributed by atoms with Gasteiger partial charge >= 0.3 is 0 Å². The Bertz CT molecular complexity index is 482. The second-order valence-electron chi connectivity index (χ2n) is 6.22. The van der Waals surface area contributed by atoms with Gasteiger partial charge in [-0.1, -0.05) is 20.3 Å². The standard InChI is InChI=1S/C14H22N4O/c1-8(2)12-11(15)13(17-16-12)14(19)18-6-9-4-3-5-10(9)7-18/h8-10H,3-7,15H2,1-2H3,(H,16,17). The van der Waals surface area contributed by atoms with Crippen LogP contribution in [0.1, 0.15) is 55.2 Å². The molecule has 2 fully saturated rings. The number of hydrogen-bond donors (Lipinski definition) is 2. The summed E-state index contributed by atoms with van der Waals surface area (Å²) >= 11 is 0. The molecule has 0 bridgehead atoms. The highest BCUT2D eigenvalue weighted by atomic mass is 16.2. The van der Waals surface area contributed by atoms with E-state index in [0.29, 0.717) is 23.2 Å². The third kappa shape index (κ3) is 2.01. The normalized spacial score (nSPS) is 26.2. The number of nitrogen functional groups attached to an aromatic ring is 1. The van der Waals surface area contributed by atoms with Crippen molar-refractivity contribution in [1.82, 2.24) is 15.1 Å². The maximum absolute atomic E-state index is 12.5. The quantitative estimate of drug-likeness (QED) is 0.855. The molecule has 0 aromatic carbocycles. The van der Waals surface area contributed by atoms with Crippen molar-refractivity contribution in [3.63, 3.8) is 0 Å². The summed E-state index contributed by atoms with van der Waals surface area (Å²) in [4.78, 5) is 14.4. The first-order valence-corrected chi connectivity index (χ1v) is 7.21. The smallest absolute Gasteiger partial charge is 0.276 e. The number of aromatic nitrogens is 2. The second kappa shape index (κ2) is 4.54. The Balaban J connectivity index is 1.78. The highest BCUT2D eigenvalue weighted by molar-refractivity contribution is 5.97. The van der Waals surface area contributed by atoms with E-state index in [1.54, 1.807) is 0 Å². The summed E-state index contributed by atoms with van der Waals surface area (Å²) in [5, 5.41) is 7.04. The average molecular weight is 262 g/mol. The number of nitrogens with zero attached hydrogens (tertiary/aromatic N) is 2. The molecule has 1 aliphatic carbocycles. The molecular weight excluding hydrogens is 240 g/mol. The van der Waals surface area contributed by atoms with Crippen molar-refractivity contribution in [2.75, 3.05) is 18.8 Å². The molecule has 19 heavy (non-hydrogen) atoms. The number of anilines is 1. The van der Waals surface area contributed by atoms with Crippen molar-refractivity contribution < 1.29 is 4.79 Å². The van der Waals surface area contributed by atoms with Crippen LogP contribution in [-0.2, 0) is 0 Å². The molecule has 1 aromatic rings. The fourth-order valence-electron chi connectivity index (χ4n) is 3.52. The molecule has 3 N–H and O–H groups in total. The Morgan fingerprint density at radius 3 is 2.53 bits per heavy atom. The van der Waals surface area contributed by atoms with Gasteiger partial charge in [0.2, 0.25) is 0 Å². The SMILES string of the molecule is CC(C)c1[nH]nc(C(=O)N2CC3CCCC3C2)c1N. The summed E-state index contributed by atoms with van der Waals surface area (Å²) in [6.07, 6.45) is 3.85. The Labute approximate surface area is 113 Å². The van der Waals surface area contributed by atoms with Gasteiger partial charge in [0.15, 0.2) is 5.69 Å². The van der Waals surface area contributed by atoms with E-state index in [4.69, 9.17) is 5.73 Å². The van der Waals surface area contributed by atoms with Crippen LogP contribution in [0.15, 0.2) is 0 Å². The minimum Gasteiger partial charge on any atom is -0.395 e. The molecule has 2 aliphatic rings. The van der Waals surface area contributed by atoms with E-state index in [0.717, 1.165) is 18.8 Å². The highest BCUT2D eigenvalue weighted by Crippen LogP contribution is 2.38. The molecular formula is C14H22N4O. The predicted octanol–water partition coefficient (Wildman–Crippen LogP) is 1.99. The van der Waals surface area contributed by atoms with Gasteiger partial charge in [0.1, 0.15) is 0 Å². The summed E-state index contributed by atoms with van der Waals surface area (Å²) in [6, 6.07) is 0. The van der Waals surface area contributed by atoms with E-state index in [1.807, 2.05) is 18.7 Å². The Morgan fingerprint density at radius 2 is 2.00 bits per heavy atom. The van der Waals surface area contributed by atoms with E-state index in [9.17, 15) is 4.79 Å². The van der Waals surface area contributed by atoms with Gasteiger partial charge in [-0.15, -0.1) is 0 Å². The van der Waals surface area contributed by atoms with E-state index in [2.05, 4.69) is 10.2 Å². The van der Waals surface area contributed by atoms with Crippen LogP contribution in [0.4, 0.5) is 5.69 Å². The zero-order chi connectivity index (χ0) is 13.6. The molecule has 1 saturated carbocycles. The fraction of sp³-hybridized carbons (Fsp3) is 0.714. The van der Waals surface area contributed by atoms with Gasteiger partial charge in [-0.2, -0.15) is 5.10 Å². The summed E-state index contributed by atoms with van der Waals surface area (Å²) in [5.41, 5.74) is 7.84. The van der Waals surface area contributed by atoms with E-state index in [-0.39, 0.29) is 11.8 Å². The van der Waals surface area contributed by atoms with Crippen LogP contribution in [0.2, 0.25) is 0 Å². The maximum Gasteiger partial charge on any atom is 0.276 e. The third-order valence-corrected chi connectivity index (χ3v) is 4.63. The van der Waals surface area contributed by atoms with E-state index >= 15 is 0 Å². The summed E-state index contributed by atoms with van der Waals surface area (Å²) in [5.74, 6) is 1.66. The second-order valence-corrected chi connectivity index (χ2v) is 6.22. The minimum absolute atomic E-state index is 0.00458. The van der Waals surface area contributed by atoms with Crippen LogP contribution in [0, 0.1) is 11.8 Å². The van der Waals surface area contributed by atoms with Gasteiger partial charge < -0.3 is 10.6 Å². The van der Waals surface area contributed by atoms with Crippen LogP contribution in [-0.4, -0.2) is 34.1 Å². The van der Waals surface area contributed by atoms with Gasteiger partial charge in [-0.05, 0) is 30.6 Å². The number of carbonyl (C=O) groups is 1. The van der Waals surface area contributed by atoms with Crippen LogP contribution < -0.4 is 5.73 Å². The lowest BCUT2D eigenvalue weighted by Crippen LogP contribution is -2.30. The number of hydrogen-bond acceptors (Lipinski definition) is 3. The van der Waals surface area contributed by atoms with Crippen molar-refractivity contribution in [1.29, 1.82) is 0 Å². The lowest BCUT2D eigenvalue weighted by molar-refractivity contribution is 0.0776. The lowest BCUT2D eigenvalue weighted by atomic mass is 10.0. The van der Waals surface area contributed by atoms with Crippen LogP contribution in [0.5, 0.6) is 0 Å². The number of H-pyrrole nitrogens is 1. The highest BCUT2D eigenvalue weighted by Gasteiger charge is 2.39. The summed E-state index contributed by atoms with van der Waals surface area (Å²) in [6.45, 7) is 5.84. The topological polar surface area (TPSA) is 75.0 Å². The van der Waals surface area contributed by atoms with Gasteiger partial charge in [-0.3, -0.25) is 9.89 Å². The lowest BCUT2D eigenvalue weighted by Gasteiger charge is -2.16. The van der Waals surface area contributed by atoms with Gasteiger partial charge in [0.25, 0.3) is 5.91 Å². The molecule has 104 valence electrons. The maximum atomic E-state index is 12.5. The number of carbonyl (C=O) groups excluding carboxylic acids is 1. The molecule has 1 aromatic heterocycles. The monoisotopic (exact) mass is 262 g/mol. The van der Waals surface area contributed by atoms with Gasteiger partial charge in [-0.25, -0.2) is 0 Å². The molecule has 2 heterocycles. The Kier molecular flexibility index (Phi) is 2.99. The van der Waals surface area contributed by atoms with Gasteiger partial charge in [0, 0.05) is 13.1 Å². The van der Waals surface area contributed by atoms with Crippen molar-refractivity contribution in [3.05, 3.63) is 11.4 Å². The van der Waals surface area contributed by atoms with Gasteiger partial charge in [0.05, 0.1) is 11.4 Å². The Morgan fingerprint density at radius 1 is 1.37 bits per heavy atom. The number of nitrogens with two attached hydrogens (primary N) is 1. The zero-order valence-electron chi connectivity index (χ0n) is 11.6. The van der Waals surface area contributed by atoms with Crippen LogP contribution >= 0.6 is 0 Å². The molecule has 5 nitrogen and oxygen atoms in total. The number of aromatic amines is 1. The van der Waals surface area contributed by atoms with Crippen molar-refractivity contribution in [2.24, 2.45) is 11.8 Å². The molecule has 1 aliphatic heterocycles. The molecule has 1 saturated heterocycles. The number of likely N-dealkylation sites (tertiary alicyclic amines) is 1. The van der Waals surface area contributed by atoms with Crippen LogP contribution in [0.25, 0.3) is 0 Å². The van der Waals surface area contributed by atoms with E-state index < -0.39 is 0 Å². The molecule has 2 unspecified atom stereocenters. The summed E-state index contributed by atoms with van der Waals surface area (Å²) < 4.78 is 0. The molecule has 3 rings (SSSR count). The minimum atomic E-state index is -0.00458. The van der Waals surface area contributed by atoms with Crippen molar-refractivity contribution in [2.45, 2.75) is 39.0 Å². The molecule has 0 spiro atoms. The number of rotatable bonds is 2. The molecule has 2 atom stereocenters. The predicted molar refractivity (Wildman–Crippen MR) is 73.8 cm³/mol. The largest absolute Gasteiger partial charge is 0.395 e. The number of fused-ring (bicyclic) bond motifs is 1. The van der Waals surface area contributed by atoms with Crippen molar-refractivity contribution in [3.8, 4) is 0 Å². The van der Waals surface area contributed by atoms with Crippen LogP contribution in [0.3, 0.4) is 0 Å². The number of amides is 1. The summed E-state index contributed by atoms with van der Waals surface area (Å²) in [7, 11) is 0. The van der Waals surface area contributed by atoms with Crippen molar-refractivity contribution >= 4 is 11.6 Å². The first kappa shape index (κ1) is 12.5. The third-order valence-electron chi connectivity index (χ3n) is 4.63. The Hall–Kier alpha value is -1.52. The molecule has 5 heteroatoms. The fourth-order valence-corrected chi connectivity index (χ4v) is 3.52. The first-order valence-electron chi connectivity index (χ1n) is 7.21. The molecule has 0 radical (unpaired) electrons. The average Bonchev–Trinajstić information content (AvgIpc) is 3.00. The van der Waals surface area contributed by atoms with E-state index in [1.165, 1.54) is 19.3 Å². The molecule has 1 amide bonds. The zero-order valence-corrected chi connectivity index (χ0v) is 11.6. The number of nitrogens with one attached hydrogen (secondary N) is 1. The first-order chi connectivity index (χ1) is 9.08.